The number of hydrogen-bond donors (Lipinski definition) is 0. The molecular formula is C30H30ClN3O2S. The van der Waals surface area contributed by atoms with Gasteiger partial charge in [0.1, 0.15) is 11.1 Å². The van der Waals surface area contributed by atoms with Gasteiger partial charge in [-0.15, -0.1) is 11.3 Å². The summed E-state index contributed by atoms with van der Waals surface area (Å²) in [7, 11) is 0. The number of fused-ring (bicyclic) bond motifs is 2. The van der Waals surface area contributed by atoms with Crippen molar-refractivity contribution >= 4 is 49.8 Å². The Morgan fingerprint density at radius 2 is 1.81 bits per heavy atom. The van der Waals surface area contributed by atoms with Crippen molar-refractivity contribution in [2.75, 3.05) is 0 Å². The molecule has 0 aliphatic heterocycles. The molecule has 0 fully saturated rings. The average molecular weight is 532 g/mol. The van der Waals surface area contributed by atoms with Gasteiger partial charge in [-0.05, 0) is 89.1 Å². The van der Waals surface area contributed by atoms with E-state index in [1.807, 2.05) is 62.8 Å². The molecule has 5 nitrogen and oxygen atoms in total. The van der Waals surface area contributed by atoms with E-state index in [0.717, 1.165) is 60.5 Å². The van der Waals surface area contributed by atoms with Gasteiger partial charge in [0.05, 0.1) is 27.5 Å². The molecule has 1 atom stereocenters. The van der Waals surface area contributed by atoms with Crippen LogP contribution < -0.4 is 0 Å². The third kappa shape index (κ3) is 4.93. The fourth-order valence-electron chi connectivity index (χ4n) is 4.75. The second kappa shape index (κ2) is 9.67. The minimum atomic E-state index is -0.697. The molecule has 0 saturated heterocycles. The van der Waals surface area contributed by atoms with Crippen molar-refractivity contribution in [1.82, 2.24) is 14.8 Å². The van der Waals surface area contributed by atoms with Gasteiger partial charge in [0, 0.05) is 33.6 Å². The number of nitrogens with zero attached hydrogens (tertiary/aromatic N) is 3. The number of carbonyl (C=O) groups excluding carboxylic acids is 1. The topological polar surface area (TPSA) is 57.0 Å². The van der Waals surface area contributed by atoms with Crippen LogP contribution in [0.25, 0.3) is 42.8 Å². The molecule has 0 aliphatic rings. The van der Waals surface area contributed by atoms with E-state index >= 15 is 0 Å². The molecule has 0 radical (unpaired) electrons. The van der Waals surface area contributed by atoms with Crippen LogP contribution in [0.15, 0.2) is 54.7 Å². The first-order valence-electron chi connectivity index (χ1n) is 12.4. The number of ether oxygens (including phenoxy) is 1. The Morgan fingerprint density at radius 1 is 1.11 bits per heavy atom. The number of Topliss-reactive ketones (excluding diaryl/α,β-unsaturated/α-hetero) is 1. The molecule has 0 saturated carbocycles. The molecule has 0 spiro atoms. The minimum Gasteiger partial charge on any atom is -0.360 e. The Balaban J connectivity index is 1.76. The third-order valence-electron chi connectivity index (χ3n) is 6.35. The molecular weight excluding hydrogens is 502 g/mol. The van der Waals surface area contributed by atoms with Gasteiger partial charge in [0.25, 0.3) is 0 Å². The Hall–Kier alpha value is -3.06. The van der Waals surface area contributed by atoms with Gasteiger partial charge in [-0.1, -0.05) is 23.7 Å². The van der Waals surface area contributed by atoms with E-state index in [9.17, 15) is 4.79 Å². The van der Waals surface area contributed by atoms with Crippen molar-refractivity contribution in [1.29, 1.82) is 0 Å². The Kier molecular flexibility index (Phi) is 6.69. The van der Waals surface area contributed by atoms with Crippen LogP contribution in [0.1, 0.15) is 51.8 Å². The highest BCUT2D eigenvalue weighted by Crippen LogP contribution is 2.44. The van der Waals surface area contributed by atoms with E-state index in [-0.39, 0.29) is 5.78 Å². The molecule has 5 aromatic rings. The molecule has 37 heavy (non-hydrogen) atoms. The number of thiazole rings is 1. The Bertz CT molecular complexity index is 1630. The van der Waals surface area contributed by atoms with Gasteiger partial charge < -0.3 is 4.74 Å². The third-order valence-corrected chi connectivity index (χ3v) is 7.74. The van der Waals surface area contributed by atoms with Crippen LogP contribution >= 0.6 is 22.9 Å². The van der Waals surface area contributed by atoms with Crippen molar-refractivity contribution in [3.05, 3.63) is 70.9 Å². The number of ketones is 1. The zero-order valence-corrected chi connectivity index (χ0v) is 23.5. The highest BCUT2D eigenvalue weighted by atomic mass is 35.5. The van der Waals surface area contributed by atoms with E-state index in [4.69, 9.17) is 21.3 Å². The fraction of sp³-hybridized carbons (Fsp3) is 0.300. The summed E-state index contributed by atoms with van der Waals surface area (Å²) >= 11 is 7.87. The second-order valence-corrected chi connectivity index (χ2v) is 11.7. The standard InChI is InChI=1S/C30H30ClN3O2S/c1-7-34-24-13-10-20(15-21(24)16-32-34)29-33-23-14-17(2)25(27(18(3)35)36-30(4,5)6)26(28(23)37-29)19-8-11-22(31)12-9-19/h8-16,27H,7H2,1-6H3/t27-/m1/s1. The van der Waals surface area contributed by atoms with Crippen LogP contribution in [0.3, 0.4) is 0 Å². The highest BCUT2D eigenvalue weighted by Gasteiger charge is 2.30. The van der Waals surface area contributed by atoms with Crippen molar-refractivity contribution in [3.8, 4) is 21.7 Å². The summed E-state index contributed by atoms with van der Waals surface area (Å²) in [5, 5.41) is 7.15. The minimum absolute atomic E-state index is 0.0317. The number of benzene rings is 3. The summed E-state index contributed by atoms with van der Waals surface area (Å²) < 4.78 is 9.36. The summed E-state index contributed by atoms with van der Waals surface area (Å²) in [4.78, 5) is 18.0. The maximum Gasteiger partial charge on any atom is 0.163 e. The van der Waals surface area contributed by atoms with Gasteiger partial charge in [-0.25, -0.2) is 4.98 Å². The lowest BCUT2D eigenvalue weighted by molar-refractivity contribution is -0.138. The van der Waals surface area contributed by atoms with E-state index in [1.54, 1.807) is 18.3 Å². The van der Waals surface area contributed by atoms with E-state index in [2.05, 4.69) is 36.3 Å². The quantitative estimate of drug-likeness (QED) is 0.221. The monoisotopic (exact) mass is 531 g/mol. The van der Waals surface area contributed by atoms with Crippen molar-refractivity contribution in [2.24, 2.45) is 0 Å². The first kappa shape index (κ1) is 25.6. The lowest BCUT2D eigenvalue weighted by atomic mass is 9.90. The molecule has 5 rings (SSSR count). The molecule has 2 aromatic heterocycles. The molecule has 2 heterocycles. The van der Waals surface area contributed by atoms with Gasteiger partial charge in [-0.3, -0.25) is 9.48 Å². The molecule has 0 unspecified atom stereocenters. The van der Waals surface area contributed by atoms with Crippen molar-refractivity contribution < 1.29 is 9.53 Å². The summed E-state index contributed by atoms with van der Waals surface area (Å²) in [6.45, 7) is 12.4. The average Bonchev–Trinajstić information content (AvgIpc) is 3.45. The van der Waals surface area contributed by atoms with Crippen LogP contribution in [0, 0.1) is 6.92 Å². The van der Waals surface area contributed by atoms with Crippen LogP contribution in [0.2, 0.25) is 5.02 Å². The first-order valence-corrected chi connectivity index (χ1v) is 13.6. The maximum atomic E-state index is 13.0. The van der Waals surface area contributed by atoms with E-state index < -0.39 is 11.7 Å². The van der Waals surface area contributed by atoms with Crippen molar-refractivity contribution in [2.45, 2.75) is 59.8 Å². The lowest BCUT2D eigenvalue weighted by Crippen LogP contribution is -2.27. The summed E-state index contributed by atoms with van der Waals surface area (Å²) in [5.74, 6) is -0.0317. The number of hydrogen-bond acceptors (Lipinski definition) is 5. The number of carbonyl (C=O) groups is 1. The second-order valence-electron chi connectivity index (χ2n) is 10.3. The van der Waals surface area contributed by atoms with Gasteiger partial charge in [0.15, 0.2) is 5.78 Å². The molecule has 3 aromatic carbocycles. The molecule has 190 valence electrons. The number of halogens is 1. The summed E-state index contributed by atoms with van der Waals surface area (Å²) in [6.07, 6.45) is 1.20. The Labute approximate surface area is 226 Å². The molecule has 0 amide bonds. The number of aryl methyl sites for hydroxylation is 2. The van der Waals surface area contributed by atoms with Gasteiger partial charge in [0.2, 0.25) is 0 Å². The van der Waals surface area contributed by atoms with Crippen LogP contribution in [0.5, 0.6) is 0 Å². The Morgan fingerprint density at radius 3 is 2.46 bits per heavy atom. The SMILES string of the molecule is CCn1ncc2cc(-c3nc4cc(C)c([C@H](OC(C)(C)C)C(C)=O)c(-c5ccc(Cl)cc5)c4s3)ccc21. The largest absolute Gasteiger partial charge is 0.360 e. The predicted molar refractivity (Wildman–Crippen MR) is 153 cm³/mol. The summed E-state index contributed by atoms with van der Waals surface area (Å²) in [5.41, 5.74) is 6.35. The maximum absolute atomic E-state index is 13.0. The van der Waals surface area contributed by atoms with E-state index in [0.29, 0.717) is 5.02 Å². The zero-order valence-electron chi connectivity index (χ0n) is 21.9. The number of aromatic nitrogens is 3. The summed E-state index contributed by atoms with van der Waals surface area (Å²) in [6, 6.07) is 16.2. The molecule has 0 bridgehead atoms. The van der Waals surface area contributed by atoms with Gasteiger partial charge in [-0.2, -0.15) is 5.10 Å². The predicted octanol–water partition coefficient (Wildman–Crippen LogP) is 8.41. The van der Waals surface area contributed by atoms with E-state index in [1.165, 1.54) is 0 Å². The van der Waals surface area contributed by atoms with Crippen LogP contribution in [-0.4, -0.2) is 26.1 Å². The van der Waals surface area contributed by atoms with Gasteiger partial charge >= 0.3 is 0 Å². The molecule has 7 heteroatoms. The fourth-order valence-corrected chi connectivity index (χ4v) is 5.99. The number of rotatable bonds is 6. The molecule has 0 aliphatic carbocycles. The van der Waals surface area contributed by atoms with Crippen molar-refractivity contribution in [3.63, 3.8) is 0 Å². The van der Waals surface area contributed by atoms with Crippen LogP contribution in [0.4, 0.5) is 0 Å². The zero-order chi connectivity index (χ0) is 26.5. The molecule has 0 N–H and O–H groups in total. The normalized spacial score (nSPS) is 12.9. The lowest BCUT2D eigenvalue weighted by Gasteiger charge is -2.29. The highest BCUT2D eigenvalue weighted by molar-refractivity contribution is 7.22. The van der Waals surface area contributed by atoms with Crippen LogP contribution in [-0.2, 0) is 16.1 Å². The smallest absolute Gasteiger partial charge is 0.163 e. The first-order chi connectivity index (χ1) is 17.6.